The molecule has 2 rings (SSSR count). The van der Waals surface area contributed by atoms with Crippen molar-refractivity contribution in [2.45, 2.75) is 6.92 Å². The van der Waals surface area contributed by atoms with Gasteiger partial charge in [-0.3, -0.25) is 20.2 Å². The average molecular weight is 356 g/mol. The predicted molar refractivity (Wildman–Crippen MR) is 76.3 cm³/mol. The molecule has 0 aliphatic rings. The Morgan fingerprint density at radius 2 is 2.29 bits per heavy atom. The molecule has 0 atom stereocenters. The number of halogens is 1. The second kappa shape index (κ2) is 6.31. The van der Waals surface area contributed by atoms with Gasteiger partial charge in [-0.1, -0.05) is 15.9 Å². The largest absolute Gasteiger partial charge is 0.463 e. The first-order chi connectivity index (χ1) is 9.99. The first kappa shape index (κ1) is 14.9. The number of nitrogens with zero attached hydrogens (tertiary/aromatic N) is 3. The number of ether oxygens (including phenoxy) is 1. The molecule has 110 valence electrons. The van der Waals surface area contributed by atoms with Gasteiger partial charge < -0.3 is 4.74 Å². The monoisotopic (exact) mass is 355 g/mol. The normalized spacial score (nSPS) is 10.2. The summed E-state index contributed by atoms with van der Waals surface area (Å²) in [5.74, 6) is -0.468. The van der Waals surface area contributed by atoms with Crippen LogP contribution >= 0.6 is 15.9 Å². The van der Waals surface area contributed by atoms with Gasteiger partial charge in [0.2, 0.25) is 5.95 Å². The Balaban J connectivity index is 2.17. The number of benzene rings is 1. The van der Waals surface area contributed by atoms with Gasteiger partial charge in [-0.2, -0.15) is 4.98 Å². The van der Waals surface area contributed by atoms with Crippen molar-refractivity contribution in [1.82, 2.24) is 15.2 Å². The van der Waals surface area contributed by atoms with E-state index in [1.807, 2.05) is 0 Å². The van der Waals surface area contributed by atoms with E-state index >= 15 is 0 Å². The zero-order chi connectivity index (χ0) is 15.4. The fourth-order valence-electron chi connectivity index (χ4n) is 1.49. The van der Waals surface area contributed by atoms with Crippen LogP contribution in [0.25, 0.3) is 0 Å². The van der Waals surface area contributed by atoms with Gasteiger partial charge in [-0.05, 0) is 13.0 Å². The van der Waals surface area contributed by atoms with Crippen LogP contribution in [0.1, 0.15) is 17.3 Å². The van der Waals surface area contributed by atoms with Crippen LogP contribution < -0.4 is 10.1 Å². The summed E-state index contributed by atoms with van der Waals surface area (Å²) < 4.78 is 5.47. The van der Waals surface area contributed by atoms with Crippen molar-refractivity contribution >= 4 is 33.5 Å². The van der Waals surface area contributed by atoms with E-state index in [9.17, 15) is 14.9 Å². The molecular formula is C11H10BrN5O4. The van der Waals surface area contributed by atoms with Gasteiger partial charge in [0.1, 0.15) is 0 Å². The molecule has 0 aliphatic heterocycles. The fraction of sp³-hybridized carbons (Fsp3) is 0.182. The zero-order valence-corrected chi connectivity index (χ0v) is 12.4. The van der Waals surface area contributed by atoms with Crippen molar-refractivity contribution < 1.29 is 14.5 Å². The van der Waals surface area contributed by atoms with Gasteiger partial charge in [0.25, 0.3) is 11.6 Å². The second-order valence-corrected chi connectivity index (χ2v) is 4.72. The number of carbonyl (C=O) groups excluding carboxylic acids is 1. The van der Waals surface area contributed by atoms with Gasteiger partial charge in [-0.15, -0.1) is 5.10 Å². The van der Waals surface area contributed by atoms with Crippen LogP contribution in [0, 0.1) is 10.1 Å². The molecule has 9 nitrogen and oxygen atoms in total. The summed E-state index contributed by atoms with van der Waals surface area (Å²) in [7, 11) is 0. The molecule has 0 unspecified atom stereocenters. The van der Waals surface area contributed by atoms with Crippen LogP contribution in [0.3, 0.4) is 0 Å². The molecule has 21 heavy (non-hydrogen) atoms. The number of aromatic nitrogens is 3. The Hall–Kier alpha value is -2.49. The number of aromatic amines is 1. The summed E-state index contributed by atoms with van der Waals surface area (Å²) in [5, 5.41) is 19.4. The Morgan fingerprint density at radius 3 is 2.95 bits per heavy atom. The molecule has 0 saturated heterocycles. The second-order valence-electron chi connectivity index (χ2n) is 3.81. The minimum atomic E-state index is -0.580. The van der Waals surface area contributed by atoms with E-state index in [-0.39, 0.29) is 23.2 Å². The molecule has 1 heterocycles. The summed E-state index contributed by atoms with van der Waals surface area (Å²) in [6, 6.07) is 4.04. The SMILES string of the molecule is CCOc1n[nH]c(NC(=O)c2cc(Br)cc([N+](=O)[O-])c2)n1. The molecule has 0 fully saturated rings. The van der Waals surface area contributed by atoms with Crippen molar-refractivity contribution in [3.05, 3.63) is 38.3 Å². The Kier molecular flexibility index (Phi) is 4.48. The molecular weight excluding hydrogens is 346 g/mol. The maximum atomic E-state index is 12.0. The summed E-state index contributed by atoms with van der Waals surface area (Å²) >= 11 is 3.12. The number of amides is 1. The Morgan fingerprint density at radius 1 is 1.52 bits per heavy atom. The van der Waals surface area contributed by atoms with Crippen molar-refractivity contribution in [2.75, 3.05) is 11.9 Å². The zero-order valence-electron chi connectivity index (χ0n) is 10.8. The van der Waals surface area contributed by atoms with Crippen molar-refractivity contribution in [1.29, 1.82) is 0 Å². The van der Waals surface area contributed by atoms with Crippen molar-refractivity contribution in [2.24, 2.45) is 0 Å². The highest BCUT2D eigenvalue weighted by Crippen LogP contribution is 2.22. The molecule has 1 aromatic heterocycles. The smallest absolute Gasteiger partial charge is 0.337 e. The lowest BCUT2D eigenvalue weighted by Gasteiger charge is -2.02. The quantitative estimate of drug-likeness (QED) is 0.625. The molecule has 10 heteroatoms. The van der Waals surface area contributed by atoms with E-state index in [0.29, 0.717) is 11.1 Å². The summed E-state index contributed by atoms with van der Waals surface area (Å²) in [4.78, 5) is 26.1. The number of hydrogen-bond acceptors (Lipinski definition) is 6. The molecule has 0 spiro atoms. The standard InChI is InChI=1S/C11H10BrN5O4/c1-2-21-11-14-10(15-16-11)13-9(18)6-3-7(12)5-8(4-6)17(19)20/h3-5H,2H2,1H3,(H2,13,14,15,16,18). The molecule has 0 bridgehead atoms. The third kappa shape index (κ3) is 3.75. The van der Waals surface area contributed by atoms with Crippen LogP contribution in [0.15, 0.2) is 22.7 Å². The highest BCUT2D eigenvalue weighted by Gasteiger charge is 2.15. The lowest BCUT2D eigenvalue weighted by molar-refractivity contribution is -0.384. The highest BCUT2D eigenvalue weighted by molar-refractivity contribution is 9.10. The Bertz CT molecular complexity index is 687. The number of nitro groups is 1. The number of rotatable bonds is 5. The number of non-ortho nitro benzene ring substituents is 1. The van der Waals surface area contributed by atoms with Gasteiger partial charge >= 0.3 is 6.01 Å². The average Bonchev–Trinajstić information content (AvgIpc) is 2.85. The third-order valence-electron chi connectivity index (χ3n) is 2.33. The van der Waals surface area contributed by atoms with Gasteiger partial charge in [0, 0.05) is 22.2 Å². The van der Waals surface area contributed by atoms with E-state index in [1.165, 1.54) is 18.2 Å². The number of nitro benzene ring substituents is 1. The molecule has 1 aromatic carbocycles. The molecule has 1 amide bonds. The van der Waals surface area contributed by atoms with Crippen LogP contribution in [0.5, 0.6) is 6.01 Å². The molecule has 0 aliphatic carbocycles. The lowest BCUT2D eigenvalue weighted by atomic mass is 10.2. The van der Waals surface area contributed by atoms with Gasteiger partial charge in [-0.25, -0.2) is 5.10 Å². The maximum absolute atomic E-state index is 12.0. The van der Waals surface area contributed by atoms with Crippen molar-refractivity contribution in [3.63, 3.8) is 0 Å². The first-order valence-electron chi connectivity index (χ1n) is 5.81. The number of nitrogens with one attached hydrogen (secondary N) is 2. The maximum Gasteiger partial charge on any atom is 0.337 e. The van der Waals surface area contributed by atoms with Gasteiger partial charge in [0.05, 0.1) is 11.5 Å². The van der Waals surface area contributed by atoms with E-state index in [2.05, 4.69) is 36.4 Å². The Labute approximate surface area is 127 Å². The van der Waals surface area contributed by atoms with Gasteiger partial charge in [0.15, 0.2) is 0 Å². The summed E-state index contributed by atoms with van der Waals surface area (Å²) in [6.45, 7) is 2.16. The number of carbonyl (C=O) groups is 1. The minimum Gasteiger partial charge on any atom is -0.463 e. The minimum absolute atomic E-state index is 0.0890. The molecule has 2 N–H and O–H groups in total. The first-order valence-corrected chi connectivity index (χ1v) is 6.60. The van der Waals surface area contributed by atoms with E-state index in [0.717, 1.165) is 0 Å². The number of hydrogen-bond donors (Lipinski definition) is 2. The number of anilines is 1. The van der Waals surface area contributed by atoms with Crippen LogP contribution in [0.4, 0.5) is 11.6 Å². The summed E-state index contributed by atoms with van der Waals surface area (Å²) in [5.41, 5.74) is -0.0764. The molecule has 0 radical (unpaired) electrons. The van der Waals surface area contributed by atoms with Crippen LogP contribution in [-0.2, 0) is 0 Å². The molecule has 0 saturated carbocycles. The highest BCUT2D eigenvalue weighted by atomic mass is 79.9. The van der Waals surface area contributed by atoms with Crippen LogP contribution in [0.2, 0.25) is 0 Å². The van der Waals surface area contributed by atoms with E-state index in [4.69, 9.17) is 4.74 Å². The third-order valence-corrected chi connectivity index (χ3v) is 2.78. The topological polar surface area (TPSA) is 123 Å². The molecule has 2 aromatic rings. The predicted octanol–water partition coefficient (Wildman–Crippen LogP) is 2.13. The van der Waals surface area contributed by atoms with Crippen molar-refractivity contribution in [3.8, 4) is 6.01 Å². The van der Waals surface area contributed by atoms with Crippen LogP contribution in [-0.4, -0.2) is 32.6 Å². The summed E-state index contributed by atoms with van der Waals surface area (Å²) in [6.07, 6.45) is 0. The lowest BCUT2D eigenvalue weighted by Crippen LogP contribution is -2.13. The number of H-pyrrole nitrogens is 1. The van der Waals surface area contributed by atoms with E-state index in [1.54, 1.807) is 6.92 Å². The fourth-order valence-corrected chi connectivity index (χ4v) is 1.97. The van der Waals surface area contributed by atoms with E-state index < -0.39 is 10.8 Å².